The fraction of sp³-hybridized carbons (Fsp3) is 0.400. The van der Waals surface area contributed by atoms with E-state index in [0.29, 0.717) is 38.8 Å². The molecule has 42 heavy (non-hydrogen) atoms. The lowest BCUT2D eigenvalue weighted by Gasteiger charge is -2.42. The summed E-state index contributed by atoms with van der Waals surface area (Å²) in [6.45, 7) is 8.17. The lowest BCUT2D eigenvalue weighted by molar-refractivity contribution is 0.0982. The van der Waals surface area contributed by atoms with E-state index in [1.807, 2.05) is 36.4 Å². The number of anilines is 3. The van der Waals surface area contributed by atoms with Gasteiger partial charge < -0.3 is 15.1 Å². The number of halogens is 2. The van der Waals surface area contributed by atoms with Crippen LogP contribution in [0.4, 0.5) is 17.3 Å². The summed E-state index contributed by atoms with van der Waals surface area (Å²) in [5.41, 5.74) is 3.42. The van der Waals surface area contributed by atoms with Crippen molar-refractivity contribution < 1.29 is 8.42 Å². The first kappa shape index (κ1) is 29.2. The van der Waals surface area contributed by atoms with Crippen molar-refractivity contribution in [2.24, 2.45) is 0 Å². The first-order valence-electron chi connectivity index (χ1n) is 14.3. The Bertz CT molecular complexity index is 1700. The predicted molar refractivity (Wildman–Crippen MR) is 172 cm³/mol. The molecule has 222 valence electrons. The van der Waals surface area contributed by atoms with Gasteiger partial charge in [-0.1, -0.05) is 41.4 Å². The van der Waals surface area contributed by atoms with Crippen molar-refractivity contribution in [3.63, 3.8) is 0 Å². The van der Waals surface area contributed by atoms with Gasteiger partial charge in [-0.3, -0.25) is 4.90 Å². The number of nitrogens with zero attached hydrogens (tertiary/aromatic N) is 6. The molecule has 0 aliphatic carbocycles. The number of nitrogens with one attached hydrogen (secondary N) is 1. The van der Waals surface area contributed by atoms with Gasteiger partial charge in [0.25, 0.3) is 0 Å². The number of hydrogen-bond donors (Lipinski definition) is 1. The highest BCUT2D eigenvalue weighted by molar-refractivity contribution is 7.90. The molecule has 2 aliphatic heterocycles. The minimum Gasteiger partial charge on any atom is -0.370 e. The van der Waals surface area contributed by atoms with Gasteiger partial charge in [0.05, 0.1) is 38.9 Å². The topological polar surface area (TPSA) is 86.6 Å². The van der Waals surface area contributed by atoms with Crippen molar-refractivity contribution in [3.8, 4) is 11.3 Å². The molecule has 2 aliphatic rings. The molecular formula is C30H35Cl2N7O2S. The summed E-state index contributed by atoms with van der Waals surface area (Å²) in [6.07, 6.45) is 5.38. The summed E-state index contributed by atoms with van der Waals surface area (Å²) in [5, 5.41) is 4.97. The van der Waals surface area contributed by atoms with Gasteiger partial charge in [0.15, 0.2) is 0 Å². The molecule has 9 nitrogen and oxygen atoms in total. The van der Waals surface area contributed by atoms with E-state index in [9.17, 15) is 8.42 Å². The second kappa shape index (κ2) is 12.0. The van der Waals surface area contributed by atoms with Gasteiger partial charge in [-0.2, -0.15) is 0 Å². The number of piperidine rings is 1. The van der Waals surface area contributed by atoms with E-state index >= 15 is 0 Å². The molecule has 2 aromatic heterocycles. The first-order valence-corrected chi connectivity index (χ1v) is 16.7. The van der Waals surface area contributed by atoms with Gasteiger partial charge in [-0.25, -0.2) is 22.4 Å². The number of fused-ring (bicyclic) bond motifs is 1. The van der Waals surface area contributed by atoms with E-state index < -0.39 is 10.0 Å². The van der Waals surface area contributed by atoms with E-state index in [2.05, 4.69) is 37.0 Å². The van der Waals surface area contributed by atoms with Crippen LogP contribution < -0.4 is 10.2 Å². The molecule has 12 heteroatoms. The third-order valence-electron chi connectivity index (χ3n) is 8.40. The molecule has 2 aromatic carbocycles. The molecule has 0 spiro atoms. The second-order valence-corrected chi connectivity index (χ2v) is 13.9. The third-order valence-corrected chi connectivity index (χ3v) is 10.6. The minimum absolute atomic E-state index is 0.0273. The fourth-order valence-corrected chi connectivity index (χ4v) is 7.45. The van der Waals surface area contributed by atoms with Gasteiger partial charge in [-0.05, 0) is 51.1 Å². The summed E-state index contributed by atoms with van der Waals surface area (Å²) in [4.78, 5) is 16.5. The Hall–Kier alpha value is -2.89. The first-order chi connectivity index (χ1) is 20.2. The summed E-state index contributed by atoms with van der Waals surface area (Å²) >= 11 is 13.3. The van der Waals surface area contributed by atoms with Crippen LogP contribution in [0.25, 0.3) is 22.2 Å². The zero-order valence-corrected chi connectivity index (χ0v) is 26.1. The minimum atomic E-state index is -3.52. The quantitative estimate of drug-likeness (QED) is 0.285. The van der Waals surface area contributed by atoms with Gasteiger partial charge in [-0.15, -0.1) is 0 Å². The van der Waals surface area contributed by atoms with Gasteiger partial charge >= 0.3 is 0 Å². The van der Waals surface area contributed by atoms with Crippen LogP contribution in [0.3, 0.4) is 0 Å². The van der Waals surface area contributed by atoms with Crippen molar-refractivity contribution in [3.05, 3.63) is 64.9 Å². The molecule has 4 aromatic rings. The van der Waals surface area contributed by atoms with Crippen molar-refractivity contribution >= 4 is 61.5 Å². The van der Waals surface area contributed by atoms with Gasteiger partial charge in [0.2, 0.25) is 16.0 Å². The van der Waals surface area contributed by atoms with E-state index in [0.717, 1.165) is 68.9 Å². The van der Waals surface area contributed by atoms with Crippen molar-refractivity contribution in [2.45, 2.75) is 25.8 Å². The molecule has 2 fully saturated rings. The lowest BCUT2D eigenvalue weighted by Crippen LogP contribution is -2.52. The SMILES string of the molecule is CCS(=O)(=O)n1cc(-c2nc(Nc3ccc(N4CCC(N5CCN(C)CC5)CC4)c(Cl)c3)ncc2Cl)c2ccccc21. The van der Waals surface area contributed by atoms with E-state index in [1.54, 1.807) is 19.2 Å². The third kappa shape index (κ3) is 5.83. The Morgan fingerprint density at radius 3 is 2.43 bits per heavy atom. The number of likely N-dealkylation sites (N-methyl/N-ethyl adjacent to an activating group) is 1. The highest BCUT2D eigenvalue weighted by atomic mass is 35.5. The number of benzene rings is 2. The number of hydrogen-bond acceptors (Lipinski definition) is 8. The maximum Gasteiger partial charge on any atom is 0.238 e. The molecule has 0 radical (unpaired) electrons. The molecule has 0 saturated carbocycles. The van der Waals surface area contributed by atoms with Crippen LogP contribution in [0.15, 0.2) is 54.9 Å². The number of rotatable bonds is 7. The summed E-state index contributed by atoms with van der Waals surface area (Å²) in [7, 11) is -1.33. The maximum absolute atomic E-state index is 12.8. The van der Waals surface area contributed by atoms with E-state index in [1.165, 1.54) is 10.2 Å². The van der Waals surface area contributed by atoms with Crippen LogP contribution in [0.1, 0.15) is 19.8 Å². The number of piperazine rings is 1. The fourth-order valence-electron chi connectivity index (χ4n) is 5.95. The average Bonchev–Trinajstić information content (AvgIpc) is 3.39. The molecule has 0 unspecified atom stereocenters. The van der Waals surface area contributed by atoms with Gasteiger partial charge in [0.1, 0.15) is 0 Å². The largest absolute Gasteiger partial charge is 0.370 e. The van der Waals surface area contributed by atoms with Gasteiger partial charge in [0, 0.05) is 68.1 Å². The van der Waals surface area contributed by atoms with Crippen LogP contribution in [-0.2, 0) is 10.0 Å². The monoisotopic (exact) mass is 627 g/mol. The van der Waals surface area contributed by atoms with Crippen LogP contribution in [0, 0.1) is 0 Å². The van der Waals surface area contributed by atoms with Crippen LogP contribution in [-0.4, -0.2) is 90.3 Å². The predicted octanol–water partition coefficient (Wildman–Crippen LogP) is 5.56. The van der Waals surface area contributed by atoms with Crippen molar-refractivity contribution in [2.75, 3.05) is 62.3 Å². The maximum atomic E-state index is 12.8. The van der Waals surface area contributed by atoms with E-state index in [4.69, 9.17) is 23.2 Å². The molecule has 2 saturated heterocycles. The molecule has 0 amide bonds. The van der Waals surface area contributed by atoms with Crippen LogP contribution in [0.5, 0.6) is 0 Å². The van der Waals surface area contributed by atoms with Crippen LogP contribution >= 0.6 is 23.2 Å². The molecule has 0 bridgehead atoms. The van der Waals surface area contributed by atoms with Crippen LogP contribution in [0.2, 0.25) is 10.0 Å². The highest BCUT2D eigenvalue weighted by Crippen LogP contribution is 2.36. The molecule has 6 rings (SSSR count). The van der Waals surface area contributed by atoms with Crippen molar-refractivity contribution in [1.29, 1.82) is 0 Å². The smallest absolute Gasteiger partial charge is 0.238 e. The number of aromatic nitrogens is 3. The Morgan fingerprint density at radius 1 is 0.976 bits per heavy atom. The number of para-hydroxylation sites is 1. The summed E-state index contributed by atoms with van der Waals surface area (Å²) in [6, 6.07) is 13.9. The van der Waals surface area contributed by atoms with Crippen molar-refractivity contribution in [1.82, 2.24) is 23.7 Å². The highest BCUT2D eigenvalue weighted by Gasteiger charge is 2.27. The second-order valence-electron chi connectivity index (χ2n) is 11.0. The molecule has 4 heterocycles. The zero-order chi connectivity index (χ0) is 29.4. The lowest BCUT2D eigenvalue weighted by atomic mass is 10.0. The average molecular weight is 629 g/mol. The Morgan fingerprint density at radius 2 is 1.71 bits per heavy atom. The normalized spacial score (nSPS) is 17.7. The standard InChI is InChI=1S/C30H35Cl2N7O2S/c1-3-42(40,41)39-20-24(23-6-4-5-7-27(23)39)29-26(32)19-33-30(35-29)34-21-8-9-28(25(31)18-21)38-12-10-22(11-13-38)37-16-14-36(2)15-17-37/h4-9,18-20,22H,3,10-17H2,1-2H3,(H,33,34,35). The zero-order valence-electron chi connectivity index (χ0n) is 23.8. The summed E-state index contributed by atoms with van der Waals surface area (Å²) in [5.74, 6) is 0.307. The van der Waals surface area contributed by atoms with E-state index in [-0.39, 0.29) is 5.75 Å². The molecule has 1 N–H and O–H groups in total. The Kier molecular flexibility index (Phi) is 8.35. The summed E-state index contributed by atoms with van der Waals surface area (Å²) < 4.78 is 26.9. The molecule has 0 atom stereocenters. The Labute approximate surface area is 257 Å². The molecular weight excluding hydrogens is 593 g/mol. The Balaban J connectivity index is 1.19.